The van der Waals surface area contributed by atoms with Crippen LogP contribution in [0.3, 0.4) is 0 Å². The second-order valence-electron chi connectivity index (χ2n) is 6.85. The van der Waals surface area contributed by atoms with E-state index >= 15 is 0 Å². The highest BCUT2D eigenvalue weighted by Gasteiger charge is 2.16. The minimum absolute atomic E-state index is 0.197. The molecule has 0 aliphatic carbocycles. The minimum atomic E-state index is -0.248. The van der Waals surface area contributed by atoms with Crippen molar-refractivity contribution in [3.05, 3.63) is 52.5 Å². The molecule has 0 radical (unpaired) electrons. The molecule has 0 unspecified atom stereocenters. The number of aromatic nitrogens is 1. The third kappa shape index (κ3) is 3.57. The zero-order valence-corrected chi connectivity index (χ0v) is 16.8. The lowest BCUT2D eigenvalue weighted by atomic mass is 9.87. The smallest absolute Gasteiger partial charge is 0.251 e. The van der Waals surface area contributed by atoms with Crippen LogP contribution in [0, 0.1) is 19.7 Å². The van der Waals surface area contributed by atoms with Crippen molar-refractivity contribution in [3.63, 3.8) is 0 Å². The van der Waals surface area contributed by atoms with Crippen LogP contribution in [0.1, 0.15) is 27.2 Å². The summed E-state index contributed by atoms with van der Waals surface area (Å²) in [5.41, 5.74) is 4.94. The lowest BCUT2D eigenvalue weighted by molar-refractivity contribution is 0.0953. The Morgan fingerprint density at radius 1 is 1.18 bits per heavy atom. The van der Waals surface area contributed by atoms with E-state index in [4.69, 9.17) is 9.47 Å². The maximum Gasteiger partial charge on any atom is 0.251 e. The first kappa shape index (κ1) is 19.8. The van der Waals surface area contributed by atoms with Crippen molar-refractivity contribution in [2.24, 2.45) is 0 Å². The van der Waals surface area contributed by atoms with Crippen LogP contribution in [0.4, 0.5) is 4.39 Å². The average Bonchev–Trinajstić information content (AvgIpc) is 3.02. The molecule has 1 amide bonds. The highest BCUT2D eigenvalue weighted by Crippen LogP contribution is 2.28. The average molecular weight is 382 g/mol. The van der Waals surface area contributed by atoms with Crippen LogP contribution in [-0.4, -0.2) is 39.5 Å². The molecule has 0 aliphatic heterocycles. The zero-order chi connectivity index (χ0) is 20.4. The largest absolute Gasteiger partial charge is 0.493 e. The Kier molecular flexibility index (Phi) is 5.63. The van der Waals surface area contributed by atoms with E-state index < -0.39 is 0 Å². The van der Waals surface area contributed by atoms with Crippen LogP contribution in [0.2, 0.25) is 0 Å². The first-order valence-electron chi connectivity index (χ1n) is 9.14. The lowest BCUT2D eigenvalue weighted by Gasteiger charge is -2.11. The third-order valence-electron chi connectivity index (χ3n) is 5.17. The Balaban J connectivity index is 1.77. The van der Waals surface area contributed by atoms with Gasteiger partial charge in [0.1, 0.15) is 13.7 Å². The van der Waals surface area contributed by atoms with Crippen LogP contribution in [0.15, 0.2) is 24.3 Å². The van der Waals surface area contributed by atoms with Gasteiger partial charge in [0.25, 0.3) is 5.91 Å². The Labute approximate surface area is 164 Å². The van der Waals surface area contributed by atoms with E-state index in [1.165, 1.54) is 7.11 Å². The van der Waals surface area contributed by atoms with Gasteiger partial charge in [0, 0.05) is 23.2 Å². The molecule has 2 N–H and O–H groups in total. The Bertz CT molecular complexity index is 1050. The Morgan fingerprint density at radius 3 is 2.57 bits per heavy atom. The van der Waals surface area contributed by atoms with Gasteiger partial charge < -0.3 is 19.8 Å². The second kappa shape index (κ2) is 7.96. The number of aromatic amines is 1. The number of H-pyrrole nitrogens is 1. The molecule has 1 aromatic heterocycles. The van der Waals surface area contributed by atoms with Crippen molar-refractivity contribution in [1.82, 2.24) is 10.3 Å². The van der Waals surface area contributed by atoms with E-state index in [0.29, 0.717) is 35.5 Å². The van der Waals surface area contributed by atoms with E-state index in [1.54, 1.807) is 31.4 Å². The molecule has 3 rings (SSSR count). The summed E-state index contributed by atoms with van der Waals surface area (Å²) in [7, 11) is 4.99. The highest BCUT2D eigenvalue weighted by atomic mass is 19.1. The molecule has 0 aliphatic rings. The fraction of sp³-hybridized carbons (Fsp3) is 0.286. The molecule has 0 fully saturated rings. The monoisotopic (exact) mass is 382 g/mol. The number of carbonyl (C=O) groups excluding carboxylic acids is 1. The molecule has 0 saturated heterocycles. The Morgan fingerprint density at radius 2 is 1.89 bits per heavy atom. The fourth-order valence-corrected chi connectivity index (χ4v) is 3.52. The number of methoxy groups -OCH3 is 2. The second-order valence-corrected chi connectivity index (χ2v) is 6.85. The van der Waals surface area contributed by atoms with Crippen LogP contribution >= 0.6 is 0 Å². The molecular formula is C21H24BFN2O3. The summed E-state index contributed by atoms with van der Waals surface area (Å²) in [6.07, 6.45) is 0.606. The van der Waals surface area contributed by atoms with Gasteiger partial charge in [-0.05, 0) is 55.7 Å². The molecule has 146 valence electrons. The van der Waals surface area contributed by atoms with Gasteiger partial charge in [-0.2, -0.15) is 0 Å². The normalized spacial score (nSPS) is 10.9. The molecule has 7 heteroatoms. The van der Waals surface area contributed by atoms with E-state index in [1.807, 2.05) is 21.7 Å². The van der Waals surface area contributed by atoms with Gasteiger partial charge in [-0.15, -0.1) is 0 Å². The van der Waals surface area contributed by atoms with Crippen molar-refractivity contribution >= 4 is 30.1 Å². The predicted molar refractivity (Wildman–Crippen MR) is 111 cm³/mol. The SMILES string of the molecule is Bc1cc(F)c2[nH]c(C)c(CCNC(=O)c3ccc(OC)c(OC)c3)c2c1C. The number of aryl methyl sites for hydroxylation is 2. The first-order valence-corrected chi connectivity index (χ1v) is 9.14. The number of hydrogen-bond acceptors (Lipinski definition) is 3. The predicted octanol–water partition coefficient (Wildman–Crippen LogP) is 2.17. The number of carbonyl (C=O) groups is 1. The summed E-state index contributed by atoms with van der Waals surface area (Å²) < 4.78 is 24.7. The summed E-state index contributed by atoms with van der Waals surface area (Å²) in [5.74, 6) is 0.630. The van der Waals surface area contributed by atoms with E-state index in [-0.39, 0.29) is 11.7 Å². The topological polar surface area (TPSA) is 63.4 Å². The van der Waals surface area contributed by atoms with E-state index in [2.05, 4.69) is 10.3 Å². The standard InChI is InChI=1S/C21H24BFN2O3/c1-11-15(22)10-16(23)20-19(11)14(12(2)25-20)7-8-24-21(26)13-5-6-17(27-3)18(9-13)28-4/h5-6,9-10,25H,7-8,22H2,1-4H3,(H,24,26). The van der Waals surface area contributed by atoms with Crippen LogP contribution in [-0.2, 0) is 6.42 Å². The van der Waals surface area contributed by atoms with Crippen molar-refractivity contribution in [1.29, 1.82) is 0 Å². The fourth-order valence-electron chi connectivity index (χ4n) is 3.52. The van der Waals surface area contributed by atoms with Crippen molar-refractivity contribution in [2.75, 3.05) is 20.8 Å². The quantitative estimate of drug-likeness (QED) is 0.643. The summed E-state index contributed by atoms with van der Waals surface area (Å²) in [6, 6.07) is 6.59. The number of benzene rings is 2. The molecule has 1 heterocycles. The number of halogens is 1. The van der Waals surface area contributed by atoms with Gasteiger partial charge in [0.05, 0.1) is 19.7 Å². The summed E-state index contributed by atoms with van der Waals surface area (Å²) >= 11 is 0. The number of fused-ring (bicyclic) bond motifs is 1. The number of amides is 1. The number of ether oxygens (including phenoxy) is 2. The number of nitrogens with one attached hydrogen (secondary N) is 2. The van der Waals surface area contributed by atoms with E-state index in [9.17, 15) is 9.18 Å². The maximum atomic E-state index is 14.3. The van der Waals surface area contributed by atoms with Crippen LogP contribution in [0.25, 0.3) is 10.9 Å². The molecule has 5 nitrogen and oxygen atoms in total. The molecule has 0 atom stereocenters. The Hall–Kier alpha value is -2.96. The molecule has 3 aromatic rings. The van der Waals surface area contributed by atoms with Gasteiger partial charge in [0.2, 0.25) is 0 Å². The van der Waals surface area contributed by atoms with Crippen molar-refractivity contribution < 1.29 is 18.7 Å². The van der Waals surface area contributed by atoms with Gasteiger partial charge >= 0.3 is 0 Å². The summed E-state index contributed by atoms with van der Waals surface area (Å²) in [6.45, 7) is 4.37. The molecule has 0 saturated carbocycles. The van der Waals surface area contributed by atoms with Gasteiger partial charge in [-0.25, -0.2) is 4.39 Å². The van der Waals surface area contributed by atoms with Crippen LogP contribution in [0.5, 0.6) is 11.5 Å². The van der Waals surface area contributed by atoms with Crippen molar-refractivity contribution in [2.45, 2.75) is 20.3 Å². The minimum Gasteiger partial charge on any atom is -0.493 e. The zero-order valence-electron chi connectivity index (χ0n) is 16.8. The summed E-state index contributed by atoms with van der Waals surface area (Å²) in [5, 5.41) is 3.84. The first-order chi connectivity index (χ1) is 13.4. The van der Waals surface area contributed by atoms with Crippen molar-refractivity contribution in [3.8, 4) is 11.5 Å². The molecule has 28 heavy (non-hydrogen) atoms. The molecular weight excluding hydrogens is 358 g/mol. The maximum absolute atomic E-state index is 14.3. The summed E-state index contributed by atoms with van der Waals surface area (Å²) in [4.78, 5) is 15.6. The third-order valence-corrected chi connectivity index (χ3v) is 5.17. The van der Waals surface area contributed by atoms with Crippen LogP contribution < -0.4 is 20.3 Å². The van der Waals surface area contributed by atoms with Gasteiger partial charge in [-0.1, -0.05) is 5.46 Å². The molecule has 0 bridgehead atoms. The number of rotatable bonds is 6. The van der Waals surface area contributed by atoms with Gasteiger partial charge in [0.15, 0.2) is 11.5 Å². The van der Waals surface area contributed by atoms with E-state index in [0.717, 1.165) is 27.7 Å². The highest BCUT2D eigenvalue weighted by molar-refractivity contribution is 6.34. The lowest BCUT2D eigenvalue weighted by Crippen LogP contribution is -2.26. The molecule has 0 spiro atoms. The number of hydrogen-bond donors (Lipinski definition) is 2. The van der Waals surface area contributed by atoms with Gasteiger partial charge in [-0.3, -0.25) is 4.79 Å². The molecule has 2 aromatic carbocycles.